The van der Waals surface area contributed by atoms with Crippen LogP contribution < -0.4 is 10.6 Å². The van der Waals surface area contributed by atoms with Gasteiger partial charge in [0.1, 0.15) is 34.7 Å². The third-order valence-electron chi connectivity index (χ3n) is 7.51. The van der Waals surface area contributed by atoms with Gasteiger partial charge < -0.3 is 20.8 Å². The second kappa shape index (κ2) is 13.5. The molecule has 2 aliphatic heterocycles. The van der Waals surface area contributed by atoms with Gasteiger partial charge in [-0.25, -0.2) is 9.59 Å². The van der Waals surface area contributed by atoms with E-state index in [0.717, 1.165) is 10.5 Å². The summed E-state index contributed by atoms with van der Waals surface area (Å²) in [5, 5.41) is 23.8. The highest BCUT2D eigenvalue weighted by Gasteiger charge is 2.54. The highest BCUT2D eigenvalue weighted by molar-refractivity contribution is 8.00. The number of amides is 3. The van der Waals surface area contributed by atoms with Gasteiger partial charge in [-0.2, -0.15) is 0 Å². The fourth-order valence-corrected chi connectivity index (χ4v) is 6.35. The largest absolute Gasteiger partial charge is 0.480 e. The fraction of sp³-hybridized carbons (Fsp3) is 0.500. The SMILES string of the molecule is CC(=O)C(CC1=C(C(=O)O)N2C(=O)[C@@H](NC(=O)CCCC(NC(=O)c3ccc(C(C)(C)C)cc3)C(=O)O)[C@@H]2SC1)C(C)=O. The number of carbonyl (C=O) groups is 7. The van der Waals surface area contributed by atoms with Crippen LogP contribution in [0.5, 0.6) is 0 Å². The standard InChI is InChI=1S/C30H37N3O9S/c1-15(34)20(16(2)35)13-18-14-43-27-23(26(38)33(27)24(18)29(41)42)32-22(36)8-6-7-21(28(39)40)31-25(37)17-9-11-19(12-10-17)30(3,4)5/h9-12,20-21,23,27H,6-8,13-14H2,1-5H3,(H,31,37)(H,32,36)(H,39,40)(H,41,42)/t21?,23-,27+/m1/s1. The van der Waals surface area contributed by atoms with Gasteiger partial charge in [0.2, 0.25) is 5.91 Å². The summed E-state index contributed by atoms with van der Waals surface area (Å²) in [5.74, 6) is -5.93. The molecule has 2 aliphatic rings. The van der Waals surface area contributed by atoms with Crippen molar-refractivity contribution in [1.29, 1.82) is 0 Å². The molecule has 1 aromatic carbocycles. The minimum Gasteiger partial charge on any atom is -0.480 e. The molecular weight excluding hydrogens is 578 g/mol. The molecule has 12 nitrogen and oxygen atoms in total. The number of ketones is 2. The number of benzene rings is 1. The van der Waals surface area contributed by atoms with Crippen molar-refractivity contribution in [1.82, 2.24) is 15.5 Å². The number of carbonyl (C=O) groups excluding carboxylic acids is 5. The molecule has 0 spiro atoms. The lowest BCUT2D eigenvalue weighted by Crippen LogP contribution is -2.70. The van der Waals surface area contributed by atoms with Gasteiger partial charge in [0.15, 0.2) is 0 Å². The van der Waals surface area contributed by atoms with Crippen molar-refractivity contribution >= 4 is 53.0 Å². The predicted molar refractivity (Wildman–Crippen MR) is 157 cm³/mol. The predicted octanol–water partition coefficient (Wildman–Crippen LogP) is 2.26. The second-order valence-corrected chi connectivity index (χ2v) is 12.9. The van der Waals surface area contributed by atoms with Gasteiger partial charge in [0.05, 0.1) is 5.92 Å². The molecule has 1 aromatic rings. The third-order valence-corrected chi connectivity index (χ3v) is 8.85. The Morgan fingerprint density at radius 2 is 1.63 bits per heavy atom. The second-order valence-electron chi connectivity index (χ2n) is 11.8. The van der Waals surface area contributed by atoms with E-state index in [1.54, 1.807) is 12.1 Å². The number of Topliss-reactive ketones (excluding diaryl/α,β-unsaturated/α-hetero) is 2. The summed E-state index contributed by atoms with van der Waals surface area (Å²) < 4.78 is 0. The van der Waals surface area contributed by atoms with E-state index in [0.29, 0.717) is 11.1 Å². The molecule has 4 N–H and O–H groups in total. The molecule has 43 heavy (non-hydrogen) atoms. The van der Waals surface area contributed by atoms with Crippen LogP contribution in [0, 0.1) is 5.92 Å². The van der Waals surface area contributed by atoms with Crippen molar-refractivity contribution in [3.8, 4) is 0 Å². The molecule has 0 bridgehead atoms. The smallest absolute Gasteiger partial charge is 0.352 e. The fourth-order valence-electron chi connectivity index (χ4n) is 4.99. The Morgan fingerprint density at radius 3 is 2.14 bits per heavy atom. The van der Waals surface area contributed by atoms with Crippen molar-refractivity contribution in [3.05, 3.63) is 46.7 Å². The molecule has 2 heterocycles. The zero-order valence-electron chi connectivity index (χ0n) is 24.8. The van der Waals surface area contributed by atoms with Gasteiger partial charge in [-0.3, -0.25) is 28.9 Å². The highest BCUT2D eigenvalue weighted by Crippen LogP contribution is 2.42. The number of β-lactam (4-membered cyclic amide) rings is 1. The average Bonchev–Trinajstić information content (AvgIpc) is 2.92. The number of nitrogens with one attached hydrogen (secondary N) is 2. The first-order valence-corrected chi connectivity index (χ1v) is 14.9. The number of hydrogen-bond donors (Lipinski definition) is 4. The average molecular weight is 616 g/mol. The van der Waals surface area contributed by atoms with Gasteiger partial charge in [0.25, 0.3) is 11.8 Å². The molecule has 1 unspecified atom stereocenters. The van der Waals surface area contributed by atoms with Crippen LogP contribution in [0.25, 0.3) is 0 Å². The van der Waals surface area contributed by atoms with Crippen LogP contribution >= 0.6 is 11.8 Å². The summed E-state index contributed by atoms with van der Waals surface area (Å²) in [7, 11) is 0. The van der Waals surface area contributed by atoms with Gasteiger partial charge in [-0.05, 0) is 61.8 Å². The van der Waals surface area contributed by atoms with Crippen LogP contribution in [0.15, 0.2) is 35.5 Å². The van der Waals surface area contributed by atoms with Gasteiger partial charge in [0, 0.05) is 17.7 Å². The third kappa shape index (κ3) is 7.89. The number of nitrogens with zero attached hydrogens (tertiary/aromatic N) is 1. The van der Waals surface area contributed by atoms with Crippen LogP contribution in [0.3, 0.4) is 0 Å². The molecule has 0 aromatic heterocycles. The monoisotopic (exact) mass is 615 g/mol. The summed E-state index contributed by atoms with van der Waals surface area (Å²) in [6.45, 7) is 8.62. The Labute approximate surface area is 253 Å². The number of carboxylic acids is 2. The summed E-state index contributed by atoms with van der Waals surface area (Å²) in [6.07, 6.45) is -0.139. The zero-order valence-corrected chi connectivity index (χ0v) is 25.6. The normalized spacial score (nSPS) is 18.8. The first-order valence-electron chi connectivity index (χ1n) is 13.9. The number of rotatable bonds is 13. The molecule has 232 valence electrons. The van der Waals surface area contributed by atoms with E-state index in [2.05, 4.69) is 10.6 Å². The number of fused-ring (bicyclic) bond motifs is 1. The van der Waals surface area contributed by atoms with Gasteiger partial charge in [-0.1, -0.05) is 32.9 Å². The Kier molecular flexibility index (Phi) is 10.5. The Bertz CT molecular complexity index is 1350. The lowest BCUT2D eigenvalue weighted by molar-refractivity contribution is -0.150. The quantitative estimate of drug-likeness (QED) is 0.189. The van der Waals surface area contributed by atoms with E-state index in [4.69, 9.17) is 0 Å². The van der Waals surface area contributed by atoms with E-state index >= 15 is 0 Å². The highest BCUT2D eigenvalue weighted by atomic mass is 32.2. The summed E-state index contributed by atoms with van der Waals surface area (Å²) in [6, 6.07) is 4.68. The number of thioether (sulfide) groups is 1. The maximum absolute atomic E-state index is 12.9. The molecular formula is C30H37N3O9S. The molecule has 3 atom stereocenters. The van der Waals surface area contributed by atoms with Crippen LogP contribution in [-0.4, -0.2) is 79.6 Å². The number of hydrogen-bond acceptors (Lipinski definition) is 8. The van der Waals surface area contributed by atoms with E-state index in [1.807, 2.05) is 32.9 Å². The van der Waals surface area contributed by atoms with Crippen molar-refractivity contribution in [2.24, 2.45) is 5.92 Å². The minimum atomic E-state index is -1.36. The summed E-state index contributed by atoms with van der Waals surface area (Å²) in [5.41, 5.74) is 1.25. The molecule has 3 rings (SSSR count). The molecule has 0 radical (unpaired) electrons. The van der Waals surface area contributed by atoms with Gasteiger partial charge >= 0.3 is 11.9 Å². The van der Waals surface area contributed by atoms with E-state index in [-0.39, 0.29) is 42.5 Å². The van der Waals surface area contributed by atoms with Crippen LogP contribution in [-0.2, 0) is 34.2 Å². The zero-order chi connectivity index (χ0) is 32.2. The van der Waals surface area contributed by atoms with Crippen molar-refractivity contribution in [2.45, 2.75) is 83.2 Å². The lowest BCUT2D eigenvalue weighted by Gasteiger charge is -2.49. The van der Waals surface area contributed by atoms with E-state index in [9.17, 15) is 43.8 Å². The van der Waals surface area contributed by atoms with Crippen LogP contribution in [0.1, 0.15) is 76.2 Å². The molecule has 1 fully saturated rings. The number of aliphatic carboxylic acids is 2. The molecule has 13 heteroatoms. The molecule has 1 saturated heterocycles. The maximum atomic E-state index is 12.9. The summed E-state index contributed by atoms with van der Waals surface area (Å²) in [4.78, 5) is 86.8. The minimum absolute atomic E-state index is 0.0276. The van der Waals surface area contributed by atoms with Crippen LogP contribution in [0.4, 0.5) is 0 Å². The Morgan fingerprint density at radius 1 is 1.02 bits per heavy atom. The van der Waals surface area contributed by atoms with Crippen molar-refractivity contribution in [3.63, 3.8) is 0 Å². The molecule has 0 aliphatic carbocycles. The number of carboxylic acid groups (broad SMARTS) is 2. The molecule has 3 amide bonds. The van der Waals surface area contributed by atoms with E-state index in [1.165, 1.54) is 25.6 Å². The summed E-state index contributed by atoms with van der Waals surface area (Å²) >= 11 is 1.22. The Hall–Kier alpha value is -4.00. The van der Waals surface area contributed by atoms with Crippen molar-refractivity contribution < 1.29 is 43.8 Å². The van der Waals surface area contributed by atoms with Crippen molar-refractivity contribution in [2.75, 3.05) is 5.75 Å². The Balaban J connectivity index is 1.56. The molecule has 0 saturated carbocycles. The topological polar surface area (TPSA) is 187 Å². The maximum Gasteiger partial charge on any atom is 0.352 e. The van der Waals surface area contributed by atoms with E-state index < -0.39 is 64.6 Å². The van der Waals surface area contributed by atoms with Crippen LogP contribution in [0.2, 0.25) is 0 Å². The first-order chi connectivity index (χ1) is 20.0. The lowest BCUT2D eigenvalue weighted by atomic mass is 9.86. The first kappa shape index (κ1) is 33.5. The van der Waals surface area contributed by atoms with Gasteiger partial charge in [-0.15, -0.1) is 11.8 Å².